The smallest absolute Gasteiger partial charge is 0.363 e. The van der Waals surface area contributed by atoms with E-state index in [1.807, 2.05) is 0 Å². The van der Waals surface area contributed by atoms with Crippen molar-refractivity contribution < 1.29 is 22.4 Å². The van der Waals surface area contributed by atoms with E-state index in [1.54, 1.807) is 0 Å². The van der Waals surface area contributed by atoms with Crippen molar-refractivity contribution in [1.82, 2.24) is 4.98 Å². The summed E-state index contributed by atoms with van der Waals surface area (Å²) in [5.41, 5.74) is -0.984. The van der Waals surface area contributed by atoms with Gasteiger partial charge >= 0.3 is 6.18 Å². The number of anilines is 1. The lowest BCUT2D eigenvalue weighted by molar-refractivity contribution is -0.137. The average molecular weight is 347 g/mol. The first-order chi connectivity index (χ1) is 10.7. The minimum atomic E-state index is -4.69. The molecule has 2 rings (SSSR count). The summed E-state index contributed by atoms with van der Waals surface area (Å²) in [6.45, 7) is 1.52. The molecule has 0 radical (unpaired) electrons. The van der Waals surface area contributed by atoms with Gasteiger partial charge in [0, 0.05) is 16.8 Å². The molecule has 0 saturated carbocycles. The standard InChI is InChI=1S/C15H11ClF4N2O/c1-8(11-5-10(17)2-3-13(11)16)22-14-12(15(18,19)20)4-9(7-23)6-21-14/h2-8H,1H3,(H,21,22)/t8-/m0/s1. The SMILES string of the molecule is C[C@H](Nc1ncc(C=O)cc1C(F)(F)F)c1cc(F)ccc1Cl. The quantitative estimate of drug-likeness (QED) is 0.634. The topological polar surface area (TPSA) is 42.0 Å². The van der Waals surface area contributed by atoms with Gasteiger partial charge in [-0.25, -0.2) is 9.37 Å². The van der Waals surface area contributed by atoms with E-state index < -0.39 is 29.4 Å². The van der Waals surface area contributed by atoms with Gasteiger partial charge in [-0.3, -0.25) is 4.79 Å². The number of hydrogen-bond donors (Lipinski definition) is 1. The number of aromatic nitrogens is 1. The van der Waals surface area contributed by atoms with Gasteiger partial charge in [-0.05, 0) is 36.8 Å². The molecule has 1 N–H and O–H groups in total. The molecule has 0 unspecified atom stereocenters. The van der Waals surface area contributed by atoms with Gasteiger partial charge < -0.3 is 5.32 Å². The highest BCUT2D eigenvalue weighted by Gasteiger charge is 2.35. The van der Waals surface area contributed by atoms with Gasteiger partial charge in [0.15, 0.2) is 6.29 Å². The zero-order valence-electron chi connectivity index (χ0n) is 11.8. The monoisotopic (exact) mass is 346 g/mol. The van der Waals surface area contributed by atoms with Crippen LogP contribution < -0.4 is 5.32 Å². The van der Waals surface area contributed by atoms with Crippen LogP contribution in [0.2, 0.25) is 5.02 Å². The Morgan fingerprint density at radius 2 is 2.00 bits per heavy atom. The van der Waals surface area contributed by atoms with E-state index in [-0.39, 0.29) is 16.9 Å². The van der Waals surface area contributed by atoms with Crippen LogP contribution in [0, 0.1) is 5.82 Å². The Balaban J connectivity index is 2.39. The van der Waals surface area contributed by atoms with Crippen molar-refractivity contribution in [3.63, 3.8) is 0 Å². The first-order valence-corrected chi connectivity index (χ1v) is 6.84. The van der Waals surface area contributed by atoms with E-state index in [1.165, 1.54) is 13.0 Å². The first-order valence-electron chi connectivity index (χ1n) is 6.46. The minimum Gasteiger partial charge on any atom is -0.363 e. The number of pyridine rings is 1. The molecule has 0 spiro atoms. The highest BCUT2D eigenvalue weighted by atomic mass is 35.5. The van der Waals surface area contributed by atoms with Gasteiger partial charge in [-0.2, -0.15) is 13.2 Å². The van der Waals surface area contributed by atoms with Gasteiger partial charge in [-0.15, -0.1) is 0 Å². The Morgan fingerprint density at radius 1 is 1.30 bits per heavy atom. The van der Waals surface area contributed by atoms with Crippen molar-refractivity contribution in [2.24, 2.45) is 0 Å². The summed E-state index contributed by atoms with van der Waals surface area (Å²) in [4.78, 5) is 14.3. The van der Waals surface area contributed by atoms with Gasteiger partial charge in [0.1, 0.15) is 11.6 Å². The normalized spacial score (nSPS) is 12.8. The van der Waals surface area contributed by atoms with Crippen LogP contribution in [0.15, 0.2) is 30.5 Å². The summed E-state index contributed by atoms with van der Waals surface area (Å²) in [6.07, 6.45) is -3.40. The number of nitrogens with one attached hydrogen (secondary N) is 1. The van der Waals surface area contributed by atoms with E-state index in [2.05, 4.69) is 10.3 Å². The molecule has 122 valence electrons. The number of nitrogens with zero attached hydrogens (tertiary/aromatic N) is 1. The van der Waals surface area contributed by atoms with Crippen molar-refractivity contribution >= 4 is 23.7 Å². The van der Waals surface area contributed by atoms with Gasteiger partial charge in [-0.1, -0.05) is 11.6 Å². The molecule has 3 nitrogen and oxygen atoms in total. The first kappa shape index (κ1) is 17.2. The number of alkyl halides is 3. The Morgan fingerprint density at radius 3 is 2.61 bits per heavy atom. The summed E-state index contributed by atoms with van der Waals surface area (Å²) >= 11 is 5.94. The molecule has 1 heterocycles. The lowest BCUT2D eigenvalue weighted by Gasteiger charge is -2.20. The summed E-state index contributed by atoms with van der Waals surface area (Å²) in [7, 11) is 0. The van der Waals surface area contributed by atoms with Gasteiger partial charge in [0.25, 0.3) is 0 Å². The van der Waals surface area contributed by atoms with Crippen molar-refractivity contribution in [1.29, 1.82) is 0 Å². The molecule has 1 atom stereocenters. The largest absolute Gasteiger partial charge is 0.419 e. The predicted octanol–water partition coefficient (Wildman–Crippen LogP) is 4.88. The van der Waals surface area contributed by atoms with Crippen LogP contribution in [0.1, 0.15) is 34.5 Å². The molecule has 0 saturated heterocycles. The molecule has 1 aromatic carbocycles. The van der Waals surface area contributed by atoms with Crippen molar-refractivity contribution in [3.8, 4) is 0 Å². The summed E-state index contributed by atoms with van der Waals surface area (Å²) < 4.78 is 52.5. The van der Waals surface area contributed by atoms with Crippen molar-refractivity contribution in [3.05, 3.63) is 58.0 Å². The molecule has 8 heteroatoms. The number of aldehydes is 1. The molecule has 0 fully saturated rings. The van der Waals surface area contributed by atoms with Gasteiger partial charge in [0.2, 0.25) is 0 Å². The maximum atomic E-state index is 13.3. The minimum absolute atomic E-state index is 0.195. The third kappa shape index (κ3) is 3.98. The number of carbonyl (C=O) groups is 1. The second-order valence-electron chi connectivity index (χ2n) is 4.81. The molecule has 0 aliphatic heterocycles. The molecular weight excluding hydrogens is 336 g/mol. The second kappa shape index (κ2) is 6.54. The number of carbonyl (C=O) groups excluding carboxylic acids is 1. The van der Waals surface area contributed by atoms with Crippen molar-refractivity contribution in [2.45, 2.75) is 19.1 Å². The fraction of sp³-hybridized carbons (Fsp3) is 0.200. The molecular formula is C15H11ClF4N2O. The summed E-state index contributed by atoms with van der Waals surface area (Å²) in [5.74, 6) is -1.02. The Kier molecular flexibility index (Phi) is 4.89. The number of hydrogen-bond acceptors (Lipinski definition) is 3. The van der Waals surface area contributed by atoms with Crippen LogP contribution >= 0.6 is 11.6 Å². The second-order valence-corrected chi connectivity index (χ2v) is 5.22. The van der Waals surface area contributed by atoms with Crippen molar-refractivity contribution in [2.75, 3.05) is 5.32 Å². The lowest BCUT2D eigenvalue weighted by atomic mass is 10.1. The third-order valence-corrected chi connectivity index (χ3v) is 3.47. The highest BCUT2D eigenvalue weighted by Crippen LogP contribution is 2.36. The third-order valence-electron chi connectivity index (χ3n) is 3.13. The number of rotatable bonds is 4. The maximum absolute atomic E-state index is 13.3. The zero-order valence-corrected chi connectivity index (χ0v) is 12.5. The van der Waals surface area contributed by atoms with Crippen LogP contribution in [0.4, 0.5) is 23.4 Å². The molecule has 0 bridgehead atoms. The zero-order chi connectivity index (χ0) is 17.2. The number of halogens is 5. The fourth-order valence-electron chi connectivity index (χ4n) is 2.01. The molecule has 0 amide bonds. The van der Waals surface area contributed by atoms with E-state index in [0.717, 1.165) is 18.3 Å². The summed E-state index contributed by atoms with van der Waals surface area (Å²) in [6, 6.07) is 3.57. The van der Waals surface area contributed by atoms with Crippen LogP contribution in [0.3, 0.4) is 0 Å². The average Bonchev–Trinajstić information content (AvgIpc) is 2.49. The van der Waals surface area contributed by atoms with Crippen LogP contribution in [0.5, 0.6) is 0 Å². The number of benzene rings is 1. The molecule has 23 heavy (non-hydrogen) atoms. The van der Waals surface area contributed by atoms with E-state index in [4.69, 9.17) is 11.6 Å². The maximum Gasteiger partial charge on any atom is 0.419 e. The Hall–Kier alpha value is -2.15. The van der Waals surface area contributed by atoms with E-state index in [9.17, 15) is 22.4 Å². The van der Waals surface area contributed by atoms with Crippen LogP contribution in [-0.4, -0.2) is 11.3 Å². The highest BCUT2D eigenvalue weighted by molar-refractivity contribution is 6.31. The Labute approximate surface area is 134 Å². The summed E-state index contributed by atoms with van der Waals surface area (Å²) in [5, 5.41) is 2.77. The van der Waals surface area contributed by atoms with E-state index >= 15 is 0 Å². The van der Waals surface area contributed by atoms with Gasteiger partial charge in [0.05, 0.1) is 11.6 Å². The molecule has 1 aromatic heterocycles. The van der Waals surface area contributed by atoms with Crippen LogP contribution in [-0.2, 0) is 6.18 Å². The molecule has 2 aromatic rings. The predicted molar refractivity (Wildman–Crippen MR) is 78.1 cm³/mol. The van der Waals surface area contributed by atoms with E-state index in [0.29, 0.717) is 11.6 Å². The lowest BCUT2D eigenvalue weighted by Crippen LogP contribution is -2.16. The Bertz CT molecular complexity index is 734. The van der Waals surface area contributed by atoms with Crippen LogP contribution in [0.25, 0.3) is 0 Å². The fourth-order valence-corrected chi connectivity index (χ4v) is 2.29. The molecule has 0 aliphatic carbocycles. The molecule has 0 aliphatic rings.